The van der Waals surface area contributed by atoms with Crippen LogP contribution >= 0.6 is 0 Å². The van der Waals surface area contributed by atoms with Gasteiger partial charge in [-0.1, -0.05) is 192 Å². The number of rotatable bonds is 42. The maximum absolute atomic E-state index is 13.0. The molecule has 0 unspecified atom stereocenters. The molecule has 1 aliphatic rings. The second kappa shape index (κ2) is 39.0. The van der Waals surface area contributed by atoms with Crippen molar-refractivity contribution in [2.75, 3.05) is 13.2 Å². The van der Waals surface area contributed by atoms with Crippen molar-refractivity contribution in [3.63, 3.8) is 0 Å². The number of nitrogens with one attached hydrogen (secondary N) is 1. The molecule has 1 rings (SSSR count). The smallest absolute Gasteiger partial charge is 0.394 e. The van der Waals surface area contributed by atoms with Crippen molar-refractivity contribution in [2.45, 2.75) is 262 Å². The van der Waals surface area contributed by atoms with Crippen molar-refractivity contribution in [1.82, 2.24) is 5.32 Å². The van der Waals surface area contributed by atoms with E-state index in [1.807, 2.05) is 6.08 Å². The summed E-state index contributed by atoms with van der Waals surface area (Å²) < 4.78 is 47.6. The Bertz CT molecular complexity index is 1190. The predicted molar refractivity (Wildman–Crippen MR) is 245 cm³/mol. The summed E-state index contributed by atoms with van der Waals surface area (Å²) in [6.45, 7) is 3.38. The maximum Gasteiger partial charge on any atom is 0.397 e. The quantitative estimate of drug-likeness (QED) is 0.0194. The van der Waals surface area contributed by atoms with Crippen molar-refractivity contribution in [3.05, 3.63) is 24.3 Å². The minimum atomic E-state index is -5.08. The highest BCUT2D eigenvalue weighted by molar-refractivity contribution is 7.80. The highest BCUT2D eigenvalue weighted by Gasteiger charge is 2.48. The van der Waals surface area contributed by atoms with Crippen molar-refractivity contribution in [2.24, 2.45) is 0 Å². The summed E-state index contributed by atoms with van der Waals surface area (Å²) in [6, 6.07) is -0.941. The fourth-order valence-electron chi connectivity index (χ4n) is 7.86. The lowest BCUT2D eigenvalue weighted by Gasteiger charge is -2.41. The number of carbonyl (C=O) groups excluding carboxylic acids is 1. The Morgan fingerprint density at radius 2 is 1.05 bits per heavy atom. The normalized spacial score (nSPS) is 20.8. The number of ether oxygens (including phenoxy) is 2. The molecule has 12 nitrogen and oxygen atoms in total. The Kier molecular flexibility index (Phi) is 36.8. The van der Waals surface area contributed by atoms with Gasteiger partial charge in [-0.3, -0.25) is 9.35 Å². The molecule has 0 aromatic heterocycles. The second-order valence-electron chi connectivity index (χ2n) is 17.4. The van der Waals surface area contributed by atoms with E-state index in [0.29, 0.717) is 6.42 Å². The highest BCUT2D eigenvalue weighted by atomic mass is 32.3. The van der Waals surface area contributed by atoms with Crippen molar-refractivity contribution in [1.29, 1.82) is 0 Å². The highest BCUT2D eigenvalue weighted by Crippen LogP contribution is 2.26. The van der Waals surface area contributed by atoms with E-state index in [2.05, 4.69) is 35.5 Å². The molecule has 1 fully saturated rings. The molecule has 0 bridgehead atoms. The lowest BCUT2D eigenvalue weighted by atomic mass is 9.99. The number of hydrogen-bond donors (Lipinski definition) is 6. The SMILES string of the molecule is CCCCCCCC/C=C\CCCCCCCCCCCCCC(=O)N[C@@H](CO[C@H]1O[C@H](CO)[C@H](O)[C@H](OS(=O)(=O)O)[C@H]1O)[C@H](O)/C=C/CCCCCCCCCCCCC. The van der Waals surface area contributed by atoms with E-state index in [1.54, 1.807) is 6.08 Å². The van der Waals surface area contributed by atoms with Crippen LogP contribution in [0.4, 0.5) is 0 Å². The topological polar surface area (TPSA) is 192 Å². The molecule has 7 atom stereocenters. The average Bonchev–Trinajstić information content (AvgIpc) is 3.23. The van der Waals surface area contributed by atoms with Gasteiger partial charge in [0.1, 0.15) is 24.4 Å². The Labute approximate surface area is 372 Å². The zero-order valence-corrected chi connectivity index (χ0v) is 39.3. The first kappa shape index (κ1) is 57.6. The lowest BCUT2D eigenvalue weighted by Crippen LogP contribution is -2.61. The van der Waals surface area contributed by atoms with Crippen molar-refractivity contribution < 1.29 is 51.8 Å². The second-order valence-corrected chi connectivity index (χ2v) is 18.4. The Balaban J connectivity index is 2.44. The van der Waals surface area contributed by atoms with Gasteiger partial charge in [0.2, 0.25) is 5.91 Å². The van der Waals surface area contributed by atoms with E-state index in [9.17, 15) is 38.2 Å². The molecule has 13 heteroatoms. The first-order chi connectivity index (χ1) is 29.5. The van der Waals surface area contributed by atoms with Gasteiger partial charge in [-0.25, -0.2) is 4.18 Å². The summed E-state index contributed by atoms with van der Waals surface area (Å²) in [5.41, 5.74) is 0. The van der Waals surface area contributed by atoms with Gasteiger partial charge in [-0.05, 0) is 44.9 Å². The minimum Gasteiger partial charge on any atom is -0.394 e. The van der Waals surface area contributed by atoms with Crippen LogP contribution in [-0.4, -0.2) is 95.4 Å². The van der Waals surface area contributed by atoms with E-state index in [1.165, 1.54) is 154 Å². The number of amides is 1. The van der Waals surface area contributed by atoms with Crippen LogP contribution in [0.3, 0.4) is 0 Å². The van der Waals surface area contributed by atoms with Gasteiger partial charge in [0.15, 0.2) is 6.29 Å². The van der Waals surface area contributed by atoms with Gasteiger partial charge in [0.05, 0.1) is 25.4 Å². The van der Waals surface area contributed by atoms with Crippen LogP contribution in [0.1, 0.15) is 219 Å². The zero-order valence-electron chi connectivity index (χ0n) is 38.5. The molecule has 0 spiro atoms. The first-order valence-electron chi connectivity index (χ1n) is 24.7. The number of allylic oxidation sites excluding steroid dienone is 3. The summed E-state index contributed by atoms with van der Waals surface area (Å²) >= 11 is 0. The molecule has 1 heterocycles. The zero-order chi connectivity index (χ0) is 44.8. The van der Waals surface area contributed by atoms with Crippen LogP contribution in [0.25, 0.3) is 0 Å². The molecular weight excluding hydrogens is 799 g/mol. The molecule has 0 aromatic carbocycles. The minimum absolute atomic E-state index is 0.263. The molecule has 0 aromatic rings. The van der Waals surface area contributed by atoms with Gasteiger partial charge in [-0.2, -0.15) is 8.42 Å². The standard InChI is InChI=1S/C48H91NO11S/c1-3-5-7-9-11-13-15-17-18-19-20-21-22-23-24-26-28-30-32-34-36-38-44(52)49-41(42(51)37-35-33-31-29-27-25-16-14-12-10-8-6-4-2)40-58-48-46(54)47(60-61(55,56)57)45(53)43(39-50)59-48/h17-18,35,37,41-43,45-48,50-51,53-54H,3-16,19-34,36,38-40H2,1-2H3,(H,49,52)(H,55,56,57)/b18-17-,37-35+/t41-,42+,43+,45-,46+,47-,48-/m0/s1. The van der Waals surface area contributed by atoms with E-state index in [-0.39, 0.29) is 18.9 Å². The predicted octanol–water partition coefficient (Wildman–Crippen LogP) is 10.1. The van der Waals surface area contributed by atoms with Crippen LogP contribution < -0.4 is 5.32 Å². The van der Waals surface area contributed by atoms with E-state index >= 15 is 0 Å². The van der Waals surface area contributed by atoms with Gasteiger partial charge in [0, 0.05) is 6.42 Å². The Hall–Kier alpha value is -1.42. The molecule has 0 saturated carbocycles. The molecule has 360 valence electrons. The van der Waals surface area contributed by atoms with E-state index in [0.717, 1.165) is 38.5 Å². The largest absolute Gasteiger partial charge is 0.397 e. The van der Waals surface area contributed by atoms with Crippen LogP contribution in [0, 0.1) is 0 Å². The summed E-state index contributed by atoms with van der Waals surface area (Å²) in [5, 5.41) is 44.7. The molecule has 6 N–H and O–H groups in total. The number of carbonyl (C=O) groups is 1. The summed E-state index contributed by atoms with van der Waals surface area (Å²) in [7, 11) is -5.08. The van der Waals surface area contributed by atoms with Crippen LogP contribution in [-0.2, 0) is 28.9 Å². The van der Waals surface area contributed by atoms with Crippen molar-refractivity contribution >= 4 is 16.3 Å². The van der Waals surface area contributed by atoms with Crippen LogP contribution in [0.5, 0.6) is 0 Å². The van der Waals surface area contributed by atoms with E-state index < -0.39 is 59.9 Å². The number of aliphatic hydroxyl groups is 4. The Morgan fingerprint density at radius 3 is 1.48 bits per heavy atom. The third kappa shape index (κ3) is 32.0. The van der Waals surface area contributed by atoms with Gasteiger partial charge in [0.25, 0.3) is 0 Å². The monoisotopic (exact) mass is 890 g/mol. The fourth-order valence-corrected chi connectivity index (χ4v) is 8.37. The number of aliphatic hydroxyl groups excluding tert-OH is 4. The summed E-state index contributed by atoms with van der Waals surface area (Å²) in [4.78, 5) is 13.0. The van der Waals surface area contributed by atoms with Gasteiger partial charge >= 0.3 is 10.4 Å². The number of unbranched alkanes of at least 4 members (excludes halogenated alkanes) is 28. The average molecular weight is 890 g/mol. The van der Waals surface area contributed by atoms with E-state index in [4.69, 9.17) is 9.47 Å². The summed E-state index contributed by atoms with van der Waals surface area (Å²) in [5.74, 6) is -0.263. The van der Waals surface area contributed by atoms with Gasteiger partial charge in [-0.15, -0.1) is 0 Å². The van der Waals surface area contributed by atoms with Crippen LogP contribution in [0.2, 0.25) is 0 Å². The Morgan fingerprint density at radius 1 is 0.639 bits per heavy atom. The molecule has 1 saturated heterocycles. The third-order valence-corrected chi connectivity index (χ3v) is 12.2. The fraction of sp³-hybridized carbons (Fsp3) is 0.896. The molecule has 1 aliphatic heterocycles. The first-order valence-corrected chi connectivity index (χ1v) is 26.1. The lowest BCUT2D eigenvalue weighted by molar-refractivity contribution is -0.298. The summed E-state index contributed by atoms with van der Waals surface area (Å²) in [6.07, 6.45) is 36.4. The van der Waals surface area contributed by atoms with Gasteiger partial charge < -0.3 is 35.2 Å². The molecule has 0 aliphatic carbocycles. The maximum atomic E-state index is 13.0. The molecule has 1 amide bonds. The van der Waals surface area contributed by atoms with Crippen LogP contribution in [0.15, 0.2) is 24.3 Å². The number of hydrogen-bond acceptors (Lipinski definition) is 10. The third-order valence-electron chi connectivity index (χ3n) is 11.7. The molecule has 61 heavy (non-hydrogen) atoms. The molecular formula is C48H91NO11S. The molecule has 0 radical (unpaired) electrons. The van der Waals surface area contributed by atoms with Crippen molar-refractivity contribution in [3.8, 4) is 0 Å².